The number of primary amides is 1. The summed E-state index contributed by atoms with van der Waals surface area (Å²) in [7, 11) is 3.11. The van der Waals surface area contributed by atoms with Crippen molar-refractivity contribution in [2.75, 3.05) is 14.1 Å². The van der Waals surface area contributed by atoms with Gasteiger partial charge in [0.2, 0.25) is 5.78 Å². The molecule has 2 aromatic carbocycles. The van der Waals surface area contributed by atoms with Gasteiger partial charge < -0.3 is 26.2 Å². The van der Waals surface area contributed by atoms with E-state index in [1.165, 1.54) is 4.90 Å². The first kappa shape index (κ1) is 32.3. The predicted molar refractivity (Wildman–Crippen MR) is 170 cm³/mol. The Kier molecular flexibility index (Phi) is 7.96. The second kappa shape index (κ2) is 11.6. The molecule has 1 amide bonds. The molecule has 0 saturated heterocycles. The number of likely N-dealkylation sites (N-methyl/N-ethyl adjacent to an activating group) is 1. The number of aromatic hydroxyl groups is 1. The van der Waals surface area contributed by atoms with E-state index in [2.05, 4.69) is 6.92 Å². The second-order valence-corrected chi connectivity index (χ2v) is 13.3. The zero-order chi connectivity index (χ0) is 34.1. The molecule has 11 heteroatoms. The molecule has 6 N–H and O–H groups in total. The molecule has 47 heavy (non-hydrogen) atoms. The molecule has 0 unspecified atom stereocenters. The van der Waals surface area contributed by atoms with Crippen molar-refractivity contribution >= 4 is 34.8 Å². The fourth-order valence-electron chi connectivity index (χ4n) is 8.21. The van der Waals surface area contributed by atoms with Gasteiger partial charge in [-0.2, -0.15) is 0 Å². The zero-order valence-corrected chi connectivity index (χ0v) is 26.5. The van der Waals surface area contributed by atoms with Crippen LogP contribution in [0.15, 0.2) is 47.2 Å². The molecular formula is C36H38N2O9. The van der Waals surface area contributed by atoms with Crippen molar-refractivity contribution in [2.24, 2.45) is 23.5 Å². The first-order valence-corrected chi connectivity index (χ1v) is 15.9. The lowest BCUT2D eigenvalue weighted by atomic mass is 9.57. The number of amides is 1. The summed E-state index contributed by atoms with van der Waals surface area (Å²) in [5.74, 6) is -8.97. The van der Waals surface area contributed by atoms with Crippen LogP contribution in [0.4, 0.5) is 0 Å². The molecule has 4 aliphatic rings. The predicted octanol–water partition coefficient (Wildman–Crippen LogP) is 2.93. The van der Waals surface area contributed by atoms with Gasteiger partial charge in [-0.15, -0.1) is 0 Å². The fourth-order valence-corrected chi connectivity index (χ4v) is 8.21. The van der Waals surface area contributed by atoms with Crippen molar-refractivity contribution in [3.05, 3.63) is 80.6 Å². The van der Waals surface area contributed by atoms with Gasteiger partial charge in [-0.3, -0.25) is 28.9 Å². The molecular weight excluding hydrogens is 604 g/mol. The Morgan fingerprint density at radius 1 is 0.979 bits per heavy atom. The SMILES string of the molecule is CCCCCc1cc(CC2C(=O)c3ccccc3C2=O)c(O)c2c1C[C@H]1C[C@H]3[C@H](N(C)C)C(=O)C(C(N)=O)=C(O)[C@@]3(O)C(=O)C1=C2O. The van der Waals surface area contributed by atoms with Crippen LogP contribution in [0.1, 0.15) is 75.6 Å². The number of nitrogens with two attached hydrogens (primary N) is 1. The van der Waals surface area contributed by atoms with Crippen LogP contribution >= 0.6 is 0 Å². The number of fused-ring (bicyclic) bond motifs is 4. The Morgan fingerprint density at radius 2 is 1.62 bits per heavy atom. The topological polar surface area (TPSA) is 196 Å². The first-order chi connectivity index (χ1) is 22.2. The Morgan fingerprint density at radius 3 is 2.19 bits per heavy atom. The van der Waals surface area contributed by atoms with Gasteiger partial charge in [0, 0.05) is 22.6 Å². The van der Waals surface area contributed by atoms with E-state index >= 15 is 0 Å². The number of rotatable bonds is 8. The third kappa shape index (κ3) is 4.66. The Labute approximate surface area is 271 Å². The van der Waals surface area contributed by atoms with E-state index in [1.54, 1.807) is 44.4 Å². The molecule has 11 nitrogen and oxygen atoms in total. The van der Waals surface area contributed by atoms with Crippen LogP contribution < -0.4 is 5.73 Å². The summed E-state index contributed by atoms with van der Waals surface area (Å²) in [6.45, 7) is 2.06. The number of aliphatic hydroxyl groups excluding tert-OH is 2. The smallest absolute Gasteiger partial charge is 0.255 e. The number of benzene rings is 2. The lowest BCUT2D eigenvalue weighted by Gasteiger charge is -2.50. The number of hydrogen-bond acceptors (Lipinski definition) is 10. The lowest BCUT2D eigenvalue weighted by Crippen LogP contribution is -2.65. The highest BCUT2D eigenvalue weighted by Gasteiger charge is 2.64. The van der Waals surface area contributed by atoms with E-state index in [4.69, 9.17) is 5.73 Å². The van der Waals surface area contributed by atoms with Gasteiger partial charge >= 0.3 is 0 Å². The molecule has 6 rings (SSSR count). The molecule has 0 bridgehead atoms. The summed E-state index contributed by atoms with van der Waals surface area (Å²) in [6.07, 6.45) is 3.24. The van der Waals surface area contributed by atoms with Crippen LogP contribution in [0.3, 0.4) is 0 Å². The van der Waals surface area contributed by atoms with Crippen LogP contribution in [-0.2, 0) is 33.6 Å². The molecule has 0 spiro atoms. The van der Waals surface area contributed by atoms with Gasteiger partial charge in [0.25, 0.3) is 5.91 Å². The summed E-state index contributed by atoms with van der Waals surface area (Å²) in [4.78, 5) is 67.9. The molecule has 1 fully saturated rings. The standard InChI is InChI=1S/C36H38N2O9/c1-4-5-6-9-16-12-18(14-22-29(40)19-10-7-8-11-20(19)30(22)41)28(39)25-21(16)13-17-15-23-27(38(2)3)32(43)26(35(37)46)34(45)36(23,47)33(44)24(17)31(25)42/h7-8,10-12,17,22-23,27,39,42,45,47H,4-6,9,13-15H2,1-3H3,(H2,37,46)/t17-,23-,27-,36-/m0/s1. The highest BCUT2D eigenvalue weighted by molar-refractivity contribution is 6.27. The summed E-state index contributed by atoms with van der Waals surface area (Å²) in [5, 5.41) is 46.5. The van der Waals surface area contributed by atoms with Crippen molar-refractivity contribution < 1.29 is 44.4 Å². The van der Waals surface area contributed by atoms with Crippen molar-refractivity contribution in [2.45, 2.75) is 63.5 Å². The maximum atomic E-state index is 14.3. The Balaban J connectivity index is 1.50. The van der Waals surface area contributed by atoms with Gasteiger partial charge in [0.05, 0.1) is 17.5 Å². The van der Waals surface area contributed by atoms with Gasteiger partial charge in [-0.25, -0.2) is 0 Å². The van der Waals surface area contributed by atoms with Crippen LogP contribution in [0.2, 0.25) is 0 Å². The van der Waals surface area contributed by atoms with Crippen LogP contribution in [0.25, 0.3) is 5.76 Å². The number of nitrogens with zero attached hydrogens (tertiary/aromatic N) is 1. The number of carbonyl (C=O) groups is 5. The number of carbonyl (C=O) groups excluding carboxylic acids is 5. The van der Waals surface area contributed by atoms with E-state index in [9.17, 15) is 44.4 Å². The number of phenols is 1. The Bertz CT molecular complexity index is 1800. The number of phenolic OH excluding ortho intramolecular Hbond substituents is 1. The maximum Gasteiger partial charge on any atom is 0.255 e. The average Bonchev–Trinajstić information content (AvgIpc) is 3.25. The van der Waals surface area contributed by atoms with Crippen molar-refractivity contribution in [3.63, 3.8) is 0 Å². The van der Waals surface area contributed by atoms with Gasteiger partial charge in [0.1, 0.15) is 22.8 Å². The van der Waals surface area contributed by atoms with Crippen LogP contribution in [0.5, 0.6) is 5.75 Å². The normalized spacial score (nSPS) is 25.7. The third-order valence-corrected chi connectivity index (χ3v) is 10.5. The minimum absolute atomic E-state index is 0.00793. The van der Waals surface area contributed by atoms with E-state index in [0.29, 0.717) is 23.1 Å². The summed E-state index contributed by atoms with van der Waals surface area (Å²) >= 11 is 0. The van der Waals surface area contributed by atoms with Crippen molar-refractivity contribution in [1.82, 2.24) is 4.90 Å². The molecule has 4 aliphatic carbocycles. The number of aryl methyl sites for hydroxylation is 1. The number of unbranched alkanes of at least 4 members (excludes halogenated alkanes) is 2. The summed E-state index contributed by atoms with van der Waals surface area (Å²) in [5.41, 5.74) is 3.81. The number of Topliss-reactive ketones (excluding diaryl/α,β-unsaturated/α-hetero) is 4. The van der Waals surface area contributed by atoms with Gasteiger partial charge in [-0.05, 0) is 68.8 Å². The average molecular weight is 643 g/mol. The first-order valence-electron chi connectivity index (χ1n) is 15.9. The number of aliphatic hydroxyl groups is 3. The number of ketones is 4. The van der Waals surface area contributed by atoms with E-state index in [1.807, 2.05) is 0 Å². The third-order valence-electron chi connectivity index (χ3n) is 10.5. The molecule has 0 radical (unpaired) electrons. The summed E-state index contributed by atoms with van der Waals surface area (Å²) in [6, 6.07) is 7.14. The van der Waals surface area contributed by atoms with E-state index in [0.717, 1.165) is 24.8 Å². The molecule has 0 heterocycles. The highest BCUT2D eigenvalue weighted by atomic mass is 16.3. The van der Waals surface area contributed by atoms with E-state index in [-0.39, 0.29) is 53.3 Å². The quantitative estimate of drug-likeness (QED) is 0.162. The largest absolute Gasteiger partial charge is 0.508 e. The lowest BCUT2D eigenvalue weighted by molar-refractivity contribution is -0.153. The monoisotopic (exact) mass is 642 g/mol. The fraction of sp³-hybridized carbons (Fsp3) is 0.417. The van der Waals surface area contributed by atoms with Gasteiger partial charge in [-0.1, -0.05) is 50.1 Å². The number of hydrogen-bond donors (Lipinski definition) is 5. The molecule has 0 aromatic heterocycles. The summed E-state index contributed by atoms with van der Waals surface area (Å²) < 4.78 is 0. The molecule has 0 aliphatic heterocycles. The maximum absolute atomic E-state index is 14.3. The minimum atomic E-state index is -2.74. The zero-order valence-electron chi connectivity index (χ0n) is 26.5. The van der Waals surface area contributed by atoms with Crippen LogP contribution in [-0.4, -0.2) is 80.1 Å². The molecule has 246 valence electrons. The Hall–Kier alpha value is -4.61. The van der Waals surface area contributed by atoms with Crippen molar-refractivity contribution in [1.29, 1.82) is 0 Å². The molecule has 4 atom stereocenters. The van der Waals surface area contributed by atoms with Crippen LogP contribution in [0, 0.1) is 17.8 Å². The highest BCUT2D eigenvalue weighted by Crippen LogP contribution is 2.53. The van der Waals surface area contributed by atoms with Crippen molar-refractivity contribution in [3.8, 4) is 5.75 Å². The molecule has 1 saturated carbocycles. The minimum Gasteiger partial charge on any atom is -0.508 e. The van der Waals surface area contributed by atoms with Gasteiger partial charge in [0.15, 0.2) is 23.0 Å². The van der Waals surface area contributed by atoms with E-state index < -0.39 is 64.0 Å². The molecule has 2 aromatic rings. The second-order valence-electron chi connectivity index (χ2n) is 13.3.